The van der Waals surface area contributed by atoms with Gasteiger partial charge in [0.2, 0.25) is 0 Å². The van der Waals surface area contributed by atoms with Gasteiger partial charge in [0.1, 0.15) is 0 Å². The van der Waals surface area contributed by atoms with E-state index in [1.165, 1.54) is 0 Å². The lowest BCUT2D eigenvalue weighted by Crippen LogP contribution is -2.08. The van der Waals surface area contributed by atoms with Crippen molar-refractivity contribution in [1.29, 1.82) is 5.26 Å². The molecule has 0 aliphatic heterocycles. The van der Waals surface area contributed by atoms with Crippen molar-refractivity contribution >= 4 is 11.6 Å². The minimum atomic E-state index is -0.0598. The number of rotatable bonds is 5. The number of nitrogens with zero attached hydrogens (tertiary/aromatic N) is 1. The van der Waals surface area contributed by atoms with Gasteiger partial charge in [0.15, 0.2) is 0 Å². The molecule has 1 atom stereocenters. The second-order valence-electron chi connectivity index (χ2n) is 2.69. The third-order valence-electron chi connectivity index (χ3n) is 1.29. The van der Waals surface area contributed by atoms with Gasteiger partial charge in [-0.15, -0.1) is 11.6 Å². The molecule has 0 saturated carbocycles. The van der Waals surface area contributed by atoms with Crippen LogP contribution in [-0.2, 0) is 4.74 Å². The Hall–Kier alpha value is -0.260. The molecule has 0 saturated heterocycles. The van der Waals surface area contributed by atoms with Crippen LogP contribution in [0.25, 0.3) is 0 Å². The van der Waals surface area contributed by atoms with Crippen molar-refractivity contribution in [2.45, 2.75) is 26.4 Å². The van der Waals surface area contributed by atoms with E-state index in [2.05, 4.69) is 6.07 Å². The molecule has 0 aromatic heterocycles. The molecule has 0 aromatic rings. The summed E-state index contributed by atoms with van der Waals surface area (Å²) in [6.07, 6.45) is 0.975. The van der Waals surface area contributed by atoms with Crippen LogP contribution in [0.5, 0.6) is 0 Å². The van der Waals surface area contributed by atoms with Gasteiger partial charge in [-0.05, 0) is 20.3 Å². The summed E-state index contributed by atoms with van der Waals surface area (Å²) in [5.74, 6) is 0.341. The quantitative estimate of drug-likeness (QED) is 0.600. The van der Waals surface area contributed by atoms with E-state index in [1.54, 1.807) is 0 Å². The third-order valence-corrected chi connectivity index (χ3v) is 1.66. The summed E-state index contributed by atoms with van der Waals surface area (Å²) >= 11 is 5.50. The Bertz CT molecular complexity index is 131. The fourth-order valence-corrected chi connectivity index (χ4v) is 0.846. The van der Waals surface area contributed by atoms with E-state index >= 15 is 0 Å². The predicted molar refractivity (Wildman–Crippen MR) is 45.5 cm³/mol. The Labute approximate surface area is 73.1 Å². The van der Waals surface area contributed by atoms with Crippen LogP contribution in [0.3, 0.4) is 0 Å². The monoisotopic (exact) mass is 175 g/mol. The lowest BCUT2D eigenvalue weighted by Gasteiger charge is -2.08. The van der Waals surface area contributed by atoms with Crippen LogP contribution < -0.4 is 0 Å². The molecule has 0 amide bonds. The summed E-state index contributed by atoms with van der Waals surface area (Å²) in [5, 5.41) is 8.50. The highest BCUT2D eigenvalue weighted by Crippen LogP contribution is 2.04. The Balaban J connectivity index is 3.30. The highest BCUT2D eigenvalue weighted by atomic mass is 35.5. The Morgan fingerprint density at radius 2 is 2.18 bits per heavy atom. The molecule has 0 aromatic carbocycles. The summed E-state index contributed by atoms with van der Waals surface area (Å²) in [4.78, 5) is 0. The maximum absolute atomic E-state index is 8.50. The van der Waals surface area contributed by atoms with Gasteiger partial charge < -0.3 is 4.74 Å². The molecule has 1 unspecified atom stereocenters. The molecule has 0 spiro atoms. The van der Waals surface area contributed by atoms with Gasteiger partial charge in [-0.2, -0.15) is 5.26 Å². The van der Waals surface area contributed by atoms with Crippen molar-refractivity contribution in [2.75, 3.05) is 12.5 Å². The first-order valence-electron chi connectivity index (χ1n) is 3.78. The molecule has 0 aliphatic carbocycles. The van der Waals surface area contributed by atoms with E-state index in [0.29, 0.717) is 12.5 Å². The van der Waals surface area contributed by atoms with Crippen LogP contribution in [0.15, 0.2) is 0 Å². The zero-order valence-electron chi connectivity index (χ0n) is 7.01. The number of alkyl halides is 1. The van der Waals surface area contributed by atoms with Crippen LogP contribution in [0.4, 0.5) is 0 Å². The van der Waals surface area contributed by atoms with Gasteiger partial charge in [-0.3, -0.25) is 0 Å². The summed E-state index contributed by atoms with van der Waals surface area (Å²) in [6.45, 7) is 4.58. The average Bonchev–Trinajstić information content (AvgIpc) is 1.98. The van der Waals surface area contributed by atoms with Gasteiger partial charge >= 0.3 is 0 Å². The molecule has 0 radical (unpaired) electrons. The molecule has 64 valence electrons. The van der Waals surface area contributed by atoms with Gasteiger partial charge in [0.05, 0.1) is 18.1 Å². The second-order valence-corrected chi connectivity index (χ2v) is 3.00. The van der Waals surface area contributed by atoms with E-state index in [9.17, 15) is 0 Å². The Kier molecular flexibility index (Phi) is 6.30. The SMILES string of the molecule is CC(C)OCCC(C#N)CCl. The molecule has 0 N–H and O–H groups in total. The minimum absolute atomic E-state index is 0.0598. The Morgan fingerprint density at radius 3 is 2.55 bits per heavy atom. The number of hydrogen-bond donors (Lipinski definition) is 0. The standard InChI is InChI=1S/C8H14ClNO/c1-7(2)11-4-3-8(5-9)6-10/h7-8H,3-5H2,1-2H3. The van der Waals surface area contributed by atoms with E-state index in [0.717, 1.165) is 6.42 Å². The normalized spacial score (nSPS) is 13.0. The number of nitriles is 1. The first-order valence-corrected chi connectivity index (χ1v) is 4.31. The summed E-state index contributed by atoms with van der Waals surface area (Å²) in [7, 11) is 0. The van der Waals surface area contributed by atoms with Crippen LogP contribution in [-0.4, -0.2) is 18.6 Å². The smallest absolute Gasteiger partial charge is 0.0669 e. The minimum Gasteiger partial charge on any atom is -0.379 e. The zero-order chi connectivity index (χ0) is 8.69. The molecule has 0 bridgehead atoms. The molecule has 0 fully saturated rings. The first kappa shape index (κ1) is 10.7. The van der Waals surface area contributed by atoms with Crippen molar-refractivity contribution in [3.63, 3.8) is 0 Å². The highest BCUT2D eigenvalue weighted by molar-refractivity contribution is 6.18. The number of halogens is 1. The van der Waals surface area contributed by atoms with E-state index in [-0.39, 0.29) is 12.0 Å². The molecule has 11 heavy (non-hydrogen) atoms. The third kappa shape index (κ3) is 6.15. The van der Waals surface area contributed by atoms with Gasteiger partial charge in [0.25, 0.3) is 0 Å². The fourth-order valence-electron chi connectivity index (χ4n) is 0.622. The molecule has 0 rings (SSSR count). The van der Waals surface area contributed by atoms with Crippen molar-refractivity contribution in [3.05, 3.63) is 0 Å². The molecule has 2 nitrogen and oxygen atoms in total. The molecule has 0 heterocycles. The van der Waals surface area contributed by atoms with Crippen molar-refractivity contribution in [3.8, 4) is 6.07 Å². The lowest BCUT2D eigenvalue weighted by atomic mass is 10.1. The van der Waals surface area contributed by atoms with E-state index in [4.69, 9.17) is 21.6 Å². The van der Waals surface area contributed by atoms with Crippen LogP contribution >= 0.6 is 11.6 Å². The lowest BCUT2D eigenvalue weighted by molar-refractivity contribution is 0.0732. The summed E-state index contributed by atoms with van der Waals surface area (Å²) in [6, 6.07) is 2.11. The average molecular weight is 176 g/mol. The van der Waals surface area contributed by atoms with Gasteiger partial charge in [0, 0.05) is 12.5 Å². The van der Waals surface area contributed by atoms with Crippen LogP contribution in [0.1, 0.15) is 20.3 Å². The molecule has 3 heteroatoms. The molecular formula is C8H14ClNO. The molecule has 0 aliphatic rings. The summed E-state index contributed by atoms with van der Waals surface area (Å²) < 4.78 is 5.27. The Morgan fingerprint density at radius 1 is 1.55 bits per heavy atom. The van der Waals surface area contributed by atoms with E-state index in [1.807, 2.05) is 13.8 Å². The van der Waals surface area contributed by atoms with Crippen molar-refractivity contribution < 1.29 is 4.74 Å². The van der Waals surface area contributed by atoms with Crippen molar-refractivity contribution in [1.82, 2.24) is 0 Å². The van der Waals surface area contributed by atoms with Crippen LogP contribution in [0.2, 0.25) is 0 Å². The van der Waals surface area contributed by atoms with E-state index < -0.39 is 0 Å². The zero-order valence-corrected chi connectivity index (χ0v) is 7.77. The number of ether oxygens (including phenoxy) is 1. The summed E-state index contributed by atoms with van der Waals surface area (Å²) in [5.41, 5.74) is 0. The maximum atomic E-state index is 8.50. The fraction of sp³-hybridized carbons (Fsp3) is 0.875. The predicted octanol–water partition coefficient (Wildman–Crippen LogP) is 2.18. The van der Waals surface area contributed by atoms with Crippen LogP contribution in [0, 0.1) is 17.2 Å². The maximum Gasteiger partial charge on any atom is 0.0669 e. The topological polar surface area (TPSA) is 33.0 Å². The number of hydrogen-bond acceptors (Lipinski definition) is 2. The second kappa shape index (κ2) is 6.45. The van der Waals surface area contributed by atoms with Gasteiger partial charge in [-0.1, -0.05) is 0 Å². The highest BCUT2D eigenvalue weighted by Gasteiger charge is 2.05. The first-order chi connectivity index (χ1) is 5.20. The van der Waals surface area contributed by atoms with Crippen molar-refractivity contribution in [2.24, 2.45) is 5.92 Å². The largest absolute Gasteiger partial charge is 0.379 e. The molecular weight excluding hydrogens is 162 g/mol. The van der Waals surface area contributed by atoms with Gasteiger partial charge in [-0.25, -0.2) is 0 Å².